The van der Waals surface area contributed by atoms with Gasteiger partial charge in [0.1, 0.15) is 9.93 Å². The maximum atomic E-state index is 13.8. The Bertz CT molecular complexity index is 1060. The van der Waals surface area contributed by atoms with Crippen LogP contribution in [0.25, 0.3) is 0 Å². The van der Waals surface area contributed by atoms with Crippen LogP contribution >= 0.6 is 35.1 Å². The zero-order valence-electron chi connectivity index (χ0n) is 17.4. The van der Waals surface area contributed by atoms with Gasteiger partial charge in [-0.2, -0.15) is 0 Å². The zero-order chi connectivity index (χ0) is 21.4. The van der Waals surface area contributed by atoms with Crippen molar-refractivity contribution in [1.82, 2.24) is 4.90 Å². The van der Waals surface area contributed by atoms with Gasteiger partial charge in [-0.25, -0.2) is 4.99 Å². The predicted octanol–water partition coefficient (Wildman–Crippen LogP) is 7.04. The first kappa shape index (κ1) is 21.0. The Kier molecular flexibility index (Phi) is 6.04. The van der Waals surface area contributed by atoms with E-state index in [0.717, 1.165) is 40.2 Å². The highest BCUT2D eigenvalue weighted by molar-refractivity contribution is 8.19. The molecule has 0 aromatic heterocycles. The van der Waals surface area contributed by atoms with Crippen LogP contribution in [0.5, 0.6) is 0 Å². The number of fused-ring (bicyclic) bond motifs is 1. The maximum Gasteiger partial charge on any atom is 0.269 e. The topological polar surface area (TPSA) is 35.9 Å². The summed E-state index contributed by atoms with van der Waals surface area (Å²) in [4.78, 5) is 24.9. The summed E-state index contributed by atoms with van der Waals surface area (Å²) in [7, 11) is 0. The van der Waals surface area contributed by atoms with E-state index in [4.69, 9.17) is 16.6 Å². The van der Waals surface area contributed by atoms with E-state index in [-0.39, 0.29) is 11.9 Å². The molecule has 0 bridgehead atoms. The maximum absolute atomic E-state index is 13.8. The van der Waals surface area contributed by atoms with Crippen LogP contribution in [0, 0.1) is 0 Å². The average molecular weight is 470 g/mol. The van der Waals surface area contributed by atoms with Gasteiger partial charge in [0.05, 0.1) is 11.4 Å². The fourth-order valence-corrected chi connectivity index (χ4v) is 6.98. The molecular weight excluding hydrogens is 446 g/mol. The number of carbonyl (C=O) groups excluding carboxylic acids is 1. The molecule has 0 spiro atoms. The van der Waals surface area contributed by atoms with Crippen molar-refractivity contribution in [3.63, 3.8) is 0 Å². The van der Waals surface area contributed by atoms with E-state index in [1.165, 1.54) is 41.6 Å². The Balaban J connectivity index is 1.56. The van der Waals surface area contributed by atoms with Crippen LogP contribution in [0.1, 0.15) is 39.0 Å². The van der Waals surface area contributed by atoms with Crippen LogP contribution in [-0.2, 0) is 4.79 Å². The second-order valence-corrected chi connectivity index (χ2v) is 10.3. The summed E-state index contributed by atoms with van der Waals surface area (Å²) in [5.74, 6) is 0.0957. The molecule has 0 radical (unpaired) electrons. The van der Waals surface area contributed by atoms with E-state index in [1.54, 1.807) is 11.8 Å². The number of amides is 1. The van der Waals surface area contributed by atoms with Crippen LogP contribution in [0.15, 0.2) is 68.4 Å². The van der Waals surface area contributed by atoms with Crippen LogP contribution in [-0.4, -0.2) is 28.6 Å². The number of rotatable bonds is 3. The van der Waals surface area contributed by atoms with Crippen molar-refractivity contribution in [2.45, 2.75) is 50.0 Å². The molecule has 1 saturated carbocycles. The molecule has 2 aromatic carbocycles. The number of para-hydroxylation sites is 1. The number of nitrogens with zero attached hydrogens (tertiary/aromatic N) is 3. The van der Waals surface area contributed by atoms with Crippen LogP contribution < -0.4 is 4.90 Å². The van der Waals surface area contributed by atoms with Crippen molar-refractivity contribution in [1.29, 1.82) is 0 Å². The lowest BCUT2D eigenvalue weighted by Crippen LogP contribution is -2.40. The summed E-state index contributed by atoms with van der Waals surface area (Å²) in [6.45, 7) is 2.96. The minimum atomic E-state index is 0.0957. The third kappa shape index (κ3) is 4.01. The smallest absolute Gasteiger partial charge is 0.269 e. The summed E-state index contributed by atoms with van der Waals surface area (Å²) >= 11 is 9.26. The number of aliphatic imine (C=N–C) groups is 1. The Hall–Kier alpha value is -1.89. The van der Waals surface area contributed by atoms with Crippen molar-refractivity contribution in [2.24, 2.45) is 4.99 Å². The molecule has 160 valence electrons. The number of benzene rings is 2. The van der Waals surface area contributed by atoms with Gasteiger partial charge in [0.2, 0.25) is 0 Å². The summed E-state index contributed by atoms with van der Waals surface area (Å²) in [6.07, 6.45) is 5.66. The van der Waals surface area contributed by atoms with Crippen molar-refractivity contribution in [3.8, 4) is 0 Å². The molecule has 0 atom stereocenters. The van der Waals surface area contributed by atoms with Gasteiger partial charge in [-0.3, -0.25) is 9.69 Å². The fraction of sp³-hybridized carbons (Fsp3) is 0.333. The van der Waals surface area contributed by atoms with Crippen molar-refractivity contribution >= 4 is 57.6 Å². The molecule has 2 aromatic rings. The molecule has 0 unspecified atom stereocenters. The van der Waals surface area contributed by atoms with E-state index < -0.39 is 0 Å². The monoisotopic (exact) mass is 469 g/mol. The van der Waals surface area contributed by atoms with Gasteiger partial charge in [0.15, 0.2) is 5.17 Å². The first-order valence-corrected chi connectivity index (χ1v) is 12.8. The highest BCUT2D eigenvalue weighted by Crippen LogP contribution is 2.51. The molecule has 2 aliphatic heterocycles. The van der Waals surface area contributed by atoms with Crippen LogP contribution in [0.3, 0.4) is 0 Å². The molecule has 1 aliphatic carbocycles. The van der Waals surface area contributed by atoms with Crippen LogP contribution in [0.2, 0.25) is 5.02 Å². The SMILES string of the molecule is CCN1/C(=C2/SC(=Nc3ccc(Cl)cc3)N(C3CCCCC3)C2=O)Sc2ccccc21. The fourth-order valence-electron chi connectivity index (χ4n) is 4.40. The molecule has 2 fully saturated rings. The quantitative estimate of drug-likeness (QED) is 0.452. The third-order valence-electron chi connectivity index (χ3n) is 5.92. The zero-order valence-corrected chi connectivity index (χ0v) is 19.8. The van der Waals surface area contributed by atoms with E-state index in [1.807, 2.05) is 29.2 Å². The number of hydrogen-bond donors (Lipinski definition) is 0. The van der Waals surface area contributed by atoms with Crippen molar-refractivity contribution in [2.75, 3.05) is 11.4 Å². The van der Waals surface area contributed by atoms with Gasteiger partial charge in [-0.15, -0.1) is 0 Å². The summed E-state index contributed by atoms with van der Waals surface area (Å²) < 4.78 is 0. The standard InChI is InChI=1S/C24H24ClN3OS2/c1-2-27-19-10-6-7-11-20(19)30-23(27)21-22(29)28(18-8-4-3-5-9-18)24(31-21)26-17-14-12-16(25)13-15-17/h6-7,10-15,18H,2-5,8-9H2,1H3/b23-21-,26-24?. The Morgan fingerprint density at radius 1 is 1.03 bits per heavy atom. The van der Waals surface area contributed by atoms with Gasteiger partial charge in [-0.1, -0.05) is 54.8 Å². The van der Waals surface area contributed by atoms with Gasteiger partial charge in [0, 0.05) is 22.5 Å². The minimum absolute atomic E-state index is 0.0957. The van der Waals surface area contributed by atoms with Gasteiger partial charge in [0.25, 0.3) is 5.91 Å². The predicted molar refractivity (Wildman–Crippen MR) is 132 cm³/mol. The molecule has 5 rings (SSSR count). The lowest BCUT2D eigenvalue weighted by molar-refractivity contribution is -0.124. The lowest BCUT2D eigenvalue weighted by Gasteiger charge is -2.30. The largest absolute Gasteiger partial charge is 0.334 e. The molecule has 0 N–H and O–H groups in total. The van der Waals surface area contributed by atoms with Crippen LogP contribution in [0.4, 0.5) is 11.4 Å². The number of anilines is 1. The Labute approximate surface area is 196 Å². The van der Waals surface area contributed by atoms with E-state index in [9.17, 15) is 4.79 Å². The number of thioether (sulfide) groups is 2. The molecule has 1 amide bonds. The summed E-state index contributed by atoms with van der Waals surface area (Å²) in [5.41, 5.74) is 2.00. The number of halogens is 1. The highest BCUT2D eigenvalue weighted by Gasteiger charge is 2.42. The summed E-state index contributed by atoms with van der Waals surface area (Å²) in [5, 5.41) is 2.50. The second kappa shape index (κ2) is 8.93. The third-order valence-corrected chi connectivity index (χ3v) is 8.53. The number of carbonyl (C=O) groups is 1. The lowest BCUT2D eigenvalue weighted by atomic mass is 9.94. The van der Waals surface area contributed by atoms with E-state index in [2.05, 4.69) is 36.1 Å². The first-order valence-electron chi connectivity index (χ1n) is 10.8. The van der Waals surface area contributed by atoms with Gasteiger partial charge in [-0.05, 0) is 67.9 Å². The molecule has 7 heteroatoms. The minimum Gasteiger partial charge on any atom is -0.334 e. The molecule has 1 saturated heterocycles. The summed E-state index contributed by atoms with van der Waals surface area (Å²) in [6, 6.07) is 16.1. The molecular formula is C24H24ClN3OS2. The molecule has 4 nitrogen and oxygen atoms in total. The Morgan fingerprint density at radius 3 is 2.52 bits per heavy atom. The molecule has 3 aliphatic rings. The number of hydrogen-bond acceptors (Lipinski definition) is 5. The average Bonchev–Trinajstić information content (AvgIpc) is 3.32. The highest BCUT2D eigenvalue weighted by atomic mass is 35.5. The van der Waals surface area contributed by atoms with Gasteiger partial charge < -0.3 is 4.90 Å². The van der Waals surface area contributed by atoms with E-state index in [0.29, 0.717) is 5.02 Å². The second-order valence-electron chi connectivity index (χ2n) is 7.89. The first-order chi connectivity index (χ1) is 15.2. The van der Waals surface area contributed by atoms with Crippen molar-refractivity contribution in [3.05, 3.63) is 63.5 Å². The Morgan fingerprint density at radius 2 is 1.77 bits per heavy atom. The normalized spacial score (nSPS) is 23.2. The molecule has 31 heavy (non-hydrogen) atoms. The number of amidine groups is 1. The molecule has 2 heterocycles. The van der Waals surface area contributed by atoms with E-state index >= 15 is 0 Å². The van der Waals surface area contributed by atoms with Crippen molar-refractivity contribution < 1.29 is 4.79 Å². The van der Waals surface area contributed by atoms with Gasteiger partial charge >= 0.3 is 0 Å².